The molecule has 2 aromatic rings. The van der Waals surface area contributed by atoms with E-state index in [1.54, 1.807) is 24.3 Å². The molecular weight excluding hydrogens is 314 g/mol. The molecule has 0 heterocycles. The van der Waals surface area contributed by atoms with Crippen LogP contribution in [0.2, 0.25) is 0 Å². The Morgan fingerprint density at radius 3 is 2.42 bits per heavy atom. The fourth-order valence-corrected chi connectivity index (χ4v) is 2.14. The van der Waals surface area contributed by atoms with E-state index in [0.29, 0.717) is 24.1 Å². The minimum absolute atomic E-state index is 0.101. The monoisotopic (exact) mass is 334 g/mol. The van der Waals surface area contributed by atoms with Crippen LogP contribution >= 0.6 is 0 Å². The molecule has 2 aromatic carbocycles. The first-order valence-corrected chi connectivity index (χ1v) is 7.73. The maximum atomic E-state index is 13.1. The average molecular weight is 334 g/mol. The molecule has 3 N–H and O–H groups in total. The summed E-state index contributed by atoms with van der Waals surface area (Å²) >= 11 is 0. The molecule has 0 fully saturated rings. The predicted octanol–water partition coefficient (Wildman–Crippen LogP) is 3.08. The summed E-state index contributed by atoms with van der Waals surface area (Å²) in [7, 11) is 0. The molecule has 0 aliphatic rings. The second-order valence-electron chi connectivity index (χ2n) is 5.44. The number of aliphatic hydroxyl groups is 1. The Labute approximate surface area is 139 Å². The number of carbonyl (C=O) groups excluding carboxylic acids is 1. The van der Waals surface area contributed by atoms with Gasteiger partial charge in [-0.2, -0.15) is 0 Å². The van der Waals surface area contributed by atoms with Crippen LogP contribution in [0.25, 0.3) is 0 Å². The van der Waals surface area contributed by atoms with Gasteiger partial charge in [-0.05, 0) is 48.4 Å². The first-order valence-electron chi connectivity index (χ1n) is 7.73. The van der Waals surface area contributed by atoms with Gasteiger partial charge in [-0.25, -0.2) is 8.78 Å². The molecule has 6 heteroatoms. The maximum absolute atomic E-state index is 13.1. The highest BCUT2D eigenvalue weighted by atomic mass is 19.2. The van der Waals surface area contributed by atoms with E-state index >= 15 is 0 Å². The summed E-state index contributed by atoms with van der Waals surface area (Å²) in [5.41, 5.74) is 1.86. The number of anilines is 1. The van der Waals surface area contributed by atoms with Gasteiger partial charge < -0.3 is 15.7 Å². The molecule has 2 rings (SSSR count). The lowest BCUT2D eigenvalue weighted by atomic mass is 10.1. The van der Waals surface area contributed by atoms with Crippen LogP contribution in [-0.4, -0.2) is 23.7 Å². The first kappa shape index (κ1) is 17.9. The van der Waals surface area contributed by atoms with Gasteiger partial charge in [-0.3, -0.25) is 4.79 Å². The van der Waals surface area contributed by atoms with Gasteiger partial charge in [0.2, 0.25) is 0 Å². The van der Waals surface area contributed by atoms with Gasteiger partial charge in [0.1, 0.15) is 0 Å². The zero-order valence-corrected chi connectivity index (χ0v) is 13.4. The van der Waals surface area contributed by atoms with Gasteiger partial charge >= 0.3 is 0 Å². The van der Waals surface area contributed by atoms with E-state index < -0.39 is 11.6 Å². The first-order chi connectivity index (χ1) is 11.5. The van der Waals surface area contributed by atoms with E-state index in [2.05, 4.69) is 10.6 Å². The number of hydrogen-bond acceptors (Lipinski definition) is 3. The molecule has 0 spiro atoms. The highest BCUT2D eigenvalue weighted by Crippen LogP contribution is 2.13. The van der Waals surface area contributed by atoms with Crippen molar-refractivity contribution < 1.29 is 18.7 Å². The molecule has 0 aliphatic carbocycles. The van der Waals surface area contributed by atoms with E-state index in [9.17, 15) is 13.6 Å². The van der Waals surface area contributed by atoms with Crippen molar-refractivity contribution in [2.75, 3.05) is 11.9 Å². The molecule has 0 saturated heterocycles. The summed E-state index contributed by atoms with van der Waals surface area (Å²) in [4.78, 5) is 12.0. The number of nitrogens with one attached hydrogen (secondary N) is 2. The lowest BCUT2D eigenvalue weighted by Crippen LogP contribution is -2.36. The Kier molecular flexibility index (Phi) is 6.26. The van der Waals surface area contributed by atoms with Crippen LogP contribution in [0.1, 0.15) is 29.3 Å². The Hall–Kier alpha value is -2.47. The van der Waals surface area contributed by atoms with Gasteiger partial charge in [-0.15, -0.1) is 0 Å². The molecule has 1 atom stereocenters. The summed E-state index contributed by atoms with van der Waals surface area (Å²) < 4.78 is 26.0. The average Bonchev–Trinajstić information content (AvgIpc) is 2.61. The van der Waals surface area contributed by atoms with Crippen LogP contribution < -0.4 is 10.6 Å². The molecule has 24 heavy (non-hydrogen) atoms. The highest BCUT2D eigenvalue weighted by molar-refractivity contribution is 5.94. The summed E-state index contributed by atoms with van der Waals surface area (Å²) in [5.74, 6) is -2.00. The van der Waals surface area contributed by atoms with Gasteiger partial charge in [0, 0.05) is 17.8 Å². The van der Waals surface area contributed by atoms with Crippen LogP contribution in [0.5, 0.6) is 0 Å². The van der Waals surface area contributed by atoms with E-state index in [0.717, 1.165) is 17.8 Å². The number of benzene rings is 2. The molecule has 1 amide bonds. The molecule has 0 aliphatic heterocycles. The lowest BCUT2D eigenvalue weighted by Gasteiger charge is -2.14. The van der Waals surface area contributed by atoms with Crippen molar-refractivity contribution in [1.29, 1.82) is 0 Å². The normalized spacial score (nSPS) is 11.8. The third-order valence-corrected chi connectivity index (χ3v) is 3.68. The Morgan fingerprint density at radius 1 is 1.12 bits per heavy atom. The van der Waals surface area contributed by atoms with Crippen LogP contribution in [-0.2, 0) is 6.54 Å². The van der Waals surface area contributed by atoms with Gasteiger partial charge in [0.25, 0.3) is 5.91 Å². The Morgan fingerprint density at radius 2 is 1.83 bits per heavy atom. The molecule has 1 unspecified atom stereocenters. The van der Waals surface area contributed by atoms with E-state index in [1.807, 2.05) is 6.92 Å². The lowest BCUT2D eigenvalue weighted by molar-refractivity contribution is 0.0915. The fourth-order valence-electron chi connectivity index (χ4n) is 2.14. The zero-order valence-electron chi connectivity index (χ0n) is 13.4. The van der Waals surface area contributed by atoms with Crippen molar-refractivity contribution in [2.24, 2.45) is 0 Å². The van der Waals surface area contributed by atoms with Crippen molar-refractivity contribution in [1.82, 2.24) is 5.32 Å². The second kappa shape index (κ2) is 8.40. The number of hydrogen-bond donors (Lipinski definition) is 3. The van der Waals surface area contributed by atoms with Crippen molar-refractivity contribution in [3.63, 3.8) is 0 Å². The fraction of sp³-hybridized carbons (Fsp3) is 0.278. The molecule has 128 valence electrons. The number of rotatable bonds is 7. The van der Waals surface area contributed by atoms with Crippen LogP contribution in [0, 0.1) is 11.6 Å². The van der Waals surface area contributed by atoms with Gasteiger partial charge in [0.05, 0.1) is 12.6 Å². The van der Waals surface area contributed by atoms with Crippen LogP contribution in [0.3, 0.4) is 0 Å². The van der Waals surface area contributed by atoms with Crippen LogP contribution in [0.4, 0.5) is 14.5 Å². The number of halogens is 2. The topological polar surface area (TPSA) is 61.4 Å². The summed E-state index contributed by atoms with van der Waals surface area (Å²) in [6, 6.07) is 10.3. The molecule has 0 aromatic heterocycles. The molecule has 0 saturated carbocycles. The molecule has 0 radical (unpaired) electrons. The molecule has 0 bridgehead atoms. The van der Waals surface area contributed by atoms with Crippen molar-refractivity contribution in [3.8, 4) is 0 Å². The summed E-state index contributed by atoms with van der Waals surface area (Å²) in [5, 5.41) is 14.9. The van der Waals surface area contributed by atoms with Crippen molar-refractivity contribution in [2.45, 2.75) is 25.9 Å². The SMILES string of the molecule is CCC(CO)NC(=O)c1ccc(NCc2ccc(F)c(F)c2)cc1. The van der Waals surface area contributed by atoms with Crippen molar-refractivity contribution >= 4 is 11.6 Å². The standard InChI is InChI=1S/C18H20F2N2O2/c1-2-14(11-23)22-18(24)13-4-6-15(7-5-13)21-10-12-3-8-16(19)17(20)9-12/h3-9,14,21,23H,2,10-11H2,1H3,(H,22,24). The summed E-state index contributed by atoms with van der Waals surface area (Å²) in [6.45, 7) is 2.12. The van der Waals surface area contributed by atoms with E-state index in [4.69, 9.17) is 5.11 Å². The Bertz CT molecular complexity index is 686. The Balaban J connectivity index is 1.94. The van der Waals surface area contributed by atoms with Crippen LogP contribution in [0.15, 0.2) is 42.5 Å². The maximum Gasteiger partial charge on any atom is 0.251 e. The minimum Gasteiger partial charge on any atom is -0.394 e. The second-order valence-corrected chi connectivity index (χ2v) is 5.44. The predicted molar refractivity (Wildman–Crippen MR) is 88.8 cm³/mol. The quantitative estimate of drug-likeness (QED) is 0.729. The third kappa shape index (κ3) is 4.76. The van der Waals surface area contributed by atoms with E-state index in [-0.39, 0.29) is 18.6 Å². The molecule has 4 nitrogen and oxygen atoms in total. The molecular formula is C18H20F2N2O2. The number of carbonyl (C=O) groups is 1. The zero-order chi connectivity index (χ0) is 17.5. The largest absolute Gasteiger partial charge is 0.394 e. The number of aliphatic hydroxyl groups excluding tert-OH is 1. The smallest absolute Gasteiger partial charge is 0.251 e. The van der Waals surface area contributed by atoms with E-state index in [1.165, 1.54) is 6.07 Å². The number of amides is 1. The van der Waals surface area contributed by atoms with Gasteiger partial charge in [0.15, 0.2) is 11.6 Å². The minimum atomic E-state index is -0.879. The van der Waals surface area contributed by atoms with Gasteiger partial charge in [-0.1, -0.05) is 13.0 Å². The highest BCUT2D eigenvalue weighted by Gasteiger charge is 2.11. The van der Waals surface area contributed by atoms with Crippen molar-refractivity contribution in [3.05, 3.63) is 65.2 Å². The third-order valence-electron chi connectivity index (χ3n) is 3.68. The summed E-state index contributed by atoms with van der Waals surface area (Å²) in [6.07, 6.45) is 0.649.